The number of likely N-dealkylation sites (N-methyl/N-ethyl adjacent to an activating group) is 1. The molecule has 1 aromatic carbocycles. The molecule has 0 spiro atoms. The number of amides is 1. The Morgan fingerprint density at radius 1 is 1.32 bits per heavy atom. The lowest BCUT2D eigenvalue weighted by Gasteiger charge is -2.40. The highest BCUT2D eigenvalue weighted by molar-refractivity contribution is 5.96. The van der Waals surface area contributed by atoms with Crippen LogP contribution in [0, 0.1) is 0 Å². The van der Waals surface area contributed by atoms with Crippen LogP contribution in [-0.4, -0.2) is 35.1 Å². The van der Waals surface area contributed by atoms with E-state index in [2.05, 4.69) is 24.4 Å². The lowest BCUT2D eigenvalue weighted by atomic mass is 9.93. The molecule has 0 saturated heterocycles. The van der Waals surface area contributed by atoms with Crippen LogP contribution in [0.2, 0.25) is 0 Å². The second-order valence-corrected chi connectivity index (χ2v) is 5.53. The van der Waals surface area contributed by atoms with Gasteiger partial charge in [0.1, 0.15) is 0 Å². The maximum absolute atomic E-state index is 12.6. The Bertz CT molecular complexity index is 688. The summed E-state index contributed by atoms with van der Waals surface area (Å²) in [4.78, 5) is 14.4. The predicted molar refractivity (Wildman–Crippen MR) is 74.4 cm³/mol. The Morgan fingerprint density at radius 3 is 2.95 bits per heavy atom. The summed E-state index contributed by atoms with van der Waals surface area (Å²) in [5, 5.41) is 4.80. The highest BCUT2D eigenvalue weighted by Gasteiger charge is 2.40. The van der Waals surface area contributed by atoms with E-state index in [1.165, 1.54) is 16.6 Å². The van der Waals surface area contributed by atoms with Crippen LogP contribution in [-0.2, 0) is 6.42 Å². The molecule has 1 N–H and O–H groups in total. The summed E-state index contributed by atoms with van der Waals surface area (Å²) < 4.78 is 1.90. The van der Waals surface area contributed by atoms with Crippen molar-refractivity contribution in [3.63, 3.8) is 0 Å². The molecule has 2 aliphatic heterocycles. The maximum atomic E-state index is 12.6. The smallest absolute Gasteiger partial charge is 0.322 e. The third-order valence-corrected chi connectivity index (χ3v) is 4.64. The molecule has 19 heavy (non-hydrogen) atoms. The van der Waals surface area contributed by atoms with Crippen molar-refractivity contribution in [2.75, 3.05) is 13.6 Å². The van der Waals surface area contributed by atoms with Crippen molar-refractivity contribution in [2.24, 2.45) is 0 Å². The van der Waals surface area contributed by atoms with Crippen LogP contribution < -0.4 is 5.32 Å². The van der Waals surface area contributed by atoms with Gasteiger partial charge in [-0.15, -0.1) is 0 Å². The molecule has 2 aliphatic rings. The van der Waals surface area contributed by atoms with E-state index in [9.17, 15) is 4.79 Å². The minimum atomic E-state index is 0.0879. The largest absolute Gasteiger partial charge is 0.328 e. The average molecular weight is 255 g/mol. The summed E-state index contributed by atoms with van der Waals surface area (Å²) >= 11 is 0. The van der Waals surface area contributed by atoms with Gasteiger partial charge in [-0.2, -0.15) is 0 Å². The van der Waals surface area contributed by atoms with Crippen LogP contribution >= 0.6 is 0 Å². The molecule has 2 atom stereocenters. The predicted octanol–water partition coefficient (Wildman–Crippen LogP) is 2.13. The average Bonchev–Trinajstić information content (AvgIpc) is 2.78. The van der Waals surface area contributed by atoms with Gasteiger partial charge in [-0.05, 0) is 31.5 Å². The standard InChI is InChI=1S/C15H17N3O/c1-9-13-14-11(7-8-16-13)10-5-3-4-6-12(10)18(14)15(19)17(9)2/h3-6,9,13,16H,7-8H2,1-2H3. The van der Waals surface area contributed by atoms with Crippen molar-refractivity contribution < 1.29 is 4.79 Å². The molecule has 0 bridgehead atoms. The topological polar surface area (TPSA) is 37.3 Å². The third kappa shape index (κ3) is 1.24. The van der Waals surface area contributed by atoms with Crippen molar-refractivity contribution in [1.82, 2.24) is 14.8 Å². The van der Waals surface area contributed by atoms with Crippen molar-refractivity contribution in [3.05, 3.63) is 35.5 Å². The second-order valence-electron chi connectivity index (χ2n) is 5.53. The maximum Gasteiger partial charge on any atom is 0.328 e. The second kappa shape index (κ2) is 3.61. The van der Waals surface area contributed by atoms with Crippen molar-refractivity contribution in [2.45, 2.75) is 25.4 Å². The number of nitrogens with one attached hydrogen (secondary N) is 1. The molecule has 3 heterocycles. The number of nitrogens with zero attached hydrogens (tertiary/aromatic N) is 2. The van der Waals surface area contributed by atoms with Crippen LogP contribution in [0.15, 0.2) is 24.3 Å². The van der Waals surface area contributed by atoms with Gasteiger partial charge in [0.2, 0.25) is 0 Å². The Kier molecular flexibility index (Phi) is 2.10. The van der Waals surface area contributed by atoms with Gasteiger partial charge < -0.3 is 10.2 Å². The molecule has 2 unspecified atom stereocenters. The van der Waals surface area contributed by atoms with Crippen LogP contribution in [0.5, 0.6) is 0 Å². The quantitative estimate of drug-likeness (QED) is 0.783. The van der Waals surface area contributed by atoms with Crippen LogP contribution in [0.1, 0.15) is 24.2 Å². The number of benzene rings is 1. The van der Waals surface area contributed by atoms with Crippen LogP contribution in [0.25, 0.3) is 10.9 Å². The van der Waals surface area contributed by atoms with E-state index in [0.717, 1.165) is 18.5 Å². The Balaban J connectivity index is 2.13. The Labute approximate surface area is 112 Å². The lowest BCUT2D eigenvalue weighted by Crippen LogP contribution is -2.53. The zero-order valence-corrected chi connectivity index (χ0v) is 11.2. The van der Waals surface area contributed by atoms with E-state index in [4.69, 9.17) is 0 Å². The van der Waals surface area contributed by atoms with E-state index in [0.29, 0.717) is 0 Å². The minimum Gasteiger partial charge on any atom is -0.322 e. The molecular formula is C15H17N3O. The molecule has 0 aliphatic carbocycles. The van der Waals surface area contributed by atoms with Gasteiger partial charge >= 0.3 is 6.03 Å². The zero-order valence-electron chi connectivity index (χ0n) is 11.2. The first kappa shape index (κ1) is 11.1. The van der Waals surface area contributed by atoms with Gasteiger partial charge in [0.15, 0.2) is 0 Å². The first-order valence-electron chi connectivity index (χ1n) is 6.83. The number of carbonyl (C=O) groups is 1. The molecule has 0 saturated carbocycles. The number of rotatable bonds is 0. The summed E-state index contributed by atoms with van der Waals surface area (Å²) in [6, 6.07) is 8.78. The molecule has 1 amide bonds. The van der Waals surface area contributed by atoms with E-state index >= 15 is 0 Å². The molecule has 2 aromatic rings. The van der Waals surface area contributed by atoms with Crippen molar-refractivity contribution in [3.8, 4) is 0 Å². The first-order chi connectivity index (χ1) is 9.20. The van der Waals surface area contributed by atoms with Gasteiger partial charge in [0, 0.05) is 12.4 Å². The highest BCUT2D eigenvalue weighted by atomic mass is 16.2. The van der Waals surface area contributed by atoms with E-state index in [-0.39, 0.29) is 18.1 Å². The Morgan fingerprint density at radius 2 is 2.11 bits per heavy atom. The van der Waals surface area contributed by atoms with Crippen LogP contribution in [0.4, 0.5) is 4.79 Å². The zero-order chi connectivity index (χ0) is 13.1. The number of hydrogen-bond donors (Lipinski definition) is 1. The normalized spacial score (nSPS) is 25.8. The van der Waals surface area contributed by atoms with Gasteiger partial charge in [-0.1, -0.05) is 18.2 Å². The summed E-state index contributed by atoms with van der Waals surface area (Å²) in [5.41, 5.74) is 3.58. The lowest BCUT2D eigenvalue weighted by molar-refractivity contribution is 0.163. The van der Waals surface area contributed by atoms with Crippen molar-refractivity contribution >= 4 is 16.9 Å². The monoisotopic (exact) mass is 255 g/mol. The number of fused-ring (bicyclic) bond motifs is 3. The summed E-state index contributed by atoms with van der Waals surface area (Å²) in [6.07, 6.45) is 1.00. The SMILES string of the molecule is CC1C2NCCc3c2n(c2ccccc32)C(=O)N1C. The Hall–Kier alpha value is -1.81. The van der Waals surface area contributed by atoms with E-state index < -0.39 is 0 Å². The molecule has 4 nitrogen and oxygen atoms in total. The van der Waals surface area contributed by atoms with Gasteiger partial charge in [-0.25, -0.2) is 4.79 Å². The summed E-state index contributed by atoms with van der Waals surface area (Å²) in [7, 11) is 1.89. The third-order valence-electron chi connectivity index (χ3n) is 4.64. The molecule has 0 fully saturated rings. The minimum absolute atomic E-state index is 0.0879. The molecule has 1 aromatic heterocycles. The molecular weight excluding hydrogens is 238 g/mol. The molecule has 4 rings (SSSR count). The first-order valence-corrected chi connectivity index (χ1v) is 6.83. The molecule has 4 heteroatoms. The van der Waals surface area contributed by atoms with Gasteiger partial charge in [0.25, 0.3) is 0 Å². The number of aromatic nitrogens is 1. The molecule has 0 radical (unpaired) electrons. The fourth-order valence-corrected chi connectivity index (χ4v) is 3.53. The fourth-order valence-electron chi connectivity index (χ4n) is 3.53. The number of para-hydroxylation sites is 1. The molecule has 98 valence electrons. The number of carbonyl (C=O) groups excluding carboxylic acids is 1. The number of hydrogen-bond acceptors (Lipinski definition) is 2. The van der Waals surface area contributed by atoms with E-state index in [1.807, 2.05) is 28.6 Å². The van der Waals surface area contributed by atoms with Crippen molar-refractivity contribution in [1.29, 1.82) is 0 Å². The van der Waals surface area contributed by atoms with Gasteiger partial charge in [-0.3, -0.25) is 4.57 Å². The van der Waals surface area contributed by atoms with Crippen LogP contribution in [0.3, 0.4) is 0 Å². The highest BCUT2D eigenvalue weighted by Crippen LogP contribution is 2.38. The van der Waals surface area contributed by atoms with E-state index in [1.54, 1.807) is 0 Å². The summed E-state index contributed by atoms with van der Waals surface area (Å²) in [5.74, 6) is 0. The summed E-state index contributed by atoms with van der Waals surface area (Å²) in [6.45, 7) is 3.10. The fraction of sp³-hybridized carbons (Fsp3) is 0.400. The van der Waals surface area contributed by atoms with Gasteiger partial charge in [0.05, 0.1) is 23.3 Å².